The van der Waals surface area contributed by atoms with E-state index in [1.807, 2.05) is 0 Å². The number of hydrogen-bond acceptors (Lipinski definition) is 4. The number of cyclic esters (lactones) is 2. The molecule has 1 spiro atoms. The second kappa shape index (κ2) is 6.60. The molecule has 0 radical (unpaired) electrons. The minimum absolute atomic E-state index is 0.0474. The minimum Gasteiger partial charge on any atom is -0.454 e. The molecule has 2 aliphatic heterocycles. The number of allylic oxidation sites excluding steroid dienone is 3. The largest absolute Gasteiger partial charge is 0.454 e. The maximum atomic E-state index is 13.1. The van der Waals surface area contributed by atoms with Crippen LogP contribution in [0.5, 0.6) is 0 Å². The Labute approximate surface area is 167 Å². The zero-order valence-corrected chi connectivity index (χ0v) is 17.0. The molecule has 1 saturated heterocycles. The third-order valence-corrected chi connectivity index (χ3v) is 7.80. The number of carbonyl (C=O) groups excluding carboxylic acids is 2. The van der Waals surface area contributed by atoms with E-state index in [1.54, 1.807) is 0 Å². The van der Waals surface area contributed by atoms with Crippen LogP contribution in [0.15, 0.2) is 34.6 Å². The standard InChI is InChI=1S/C24H30O4/c1-3-5-7-18-16-10-9-15-14-11-12-24(21(15)20(16)23(26)27-18)17(13-14)22(25)28-19(24)8-6-4-2/h8,13-15,18,21H,3-7,9-12H2,1-2H3/b19-8-/t14-,15?,18-,21?,24-/m0/s1. The Hall–Kier alpha value is -1.84. The first kappa shape index (κ1) is 18.2. The van der Waals surface area contributed by atoms with Crippen molar-refractivity contribution in [1.29, 1.82) is 0 Å². The molecule has 2 unspecified atom stereocenters. The van der Waals surface area contributed by atoms with Crippen molar-refractivity contribution < 1.29 is 19.1 Å². The van der Waals surface area contributed by atoms with Crippen molar-refractivity contribution in [1.82, 2.24) is 0 Å². The minimum atomic E-state index is -0.425. The first-order valence-corrected chi connectivity index (χ1v) is 11.2. The van der Waals surface area contributed by atoms with Crippen molar-refractivity contribution in [2.45, 2.75) is 77.7 Å². The normalized spacial score (nSPS) is 39.5. The van der Waals surface area contributed by atoms with Crippen LogP contribution in [0.4, 0.5) is 0 Å². The summed E-state index contributed by atoms with van der Waals surface area (Å²) in [6.07, 6.45) is 13.3. The van der Waals surface area contributed by atoms with Gasteiger partial charge in [-0.05, 0) is 68.4 Å². The molecule has 0 aromatic carbocycles. The number of fused-ring (bicyclic) bond motifs is 1. The molecule has 4 aliphatic carbocycles. The Kier molecular flexibility index (Phi) is 4.29. The molecular formula is C24H30O4. The van der Waals surface area contributed by atoms with Gasteiger partial charge in [-0.15, -0.1) is 0 Å². The van der Waals surface area contributed by atoms with Crippen LogP contribution in [-0.2, 0) is 19.1 Å². The van der Waals surface area contributed by atoms with Gasteiger partial charge in [0, 0.05) is 17.1 Å². The summed E-state index contributed by atoms with van der Waals surface area (Å²) in [5.74, 6) is 1.37. The molecule has 0 aromatic rings. The van der Waals surface area contributed by atoms with Gasteiger partial charge in [0.1, 0.15) is 11.9 Å². The molecule has 4 heteroatoms. The van der Waals surface area contributed by atoms with Gasteiger partial charge in [-0.3, -0.25) is 0 Å². The predicted molar refractivity (Wildman–Crippen MR) is 105 cm³/mol. The first-order valence-electron chi connectivity index (χ1n) is 11.2. The summed E-state index contributed by atoms with van der Waals surface area (Å²) < 4.78 is 11.7. The highest BCUT2D eigenvalue weighted by Gasteiger charge is 2.66. The van der Waals surface area contributed by atoms with Crippen LogP contribution < -0.4 is 0 Å². The summed E-state index contributed by atoms with van der Waals surface area (Å²) in [6.45, 7) is 4.31. The Morgan fingerprint density at radius 3 is 2.82 bits per heavy atom. The van der Waals surface area contributed by atoms with Gasteiger partial charge >= 0.3 is 11.9 Å². The first-order chi connectivity index (χ1) is 13.6. The maximum Gasteiger partial charge on any atom is 0.339 e. The zero-order valence-electron chi connectivity index (χ0n) is 17.0. The van der Waals surface area contributed by atoms with Gasteiger partial charge in [0.2, 0.25) is 0 Å². The fourth-order valence-corrected chi connectivity index (χ4v) is 6.63. The molecule has 1 saturated carbocycles. The molecule has 2 bridgehead atoms. The molecule has 0 N–H and O–H groups in total. The number of hydrogen-bond donors (Lipinski definition) is 0. The maximum absolute atomic E-state index is 13.1. The molecule has 0 aromatic heterocycles. The SMILES string of the molecule is CCC/C=C1\OC(=O)C2=C[C@@H]3CC[C@]21C1C2=C(CCC13)[C@H](CCCC)OC2=O. The van der Waals surface area contributed by atoms with Gasteiger partial charge in [0.25, 0.3) is 0 Å². The zero-order chi connectivity index (χ0) is 19.5. The van der Waals surface area contributed by atoms with Crippen molar-refractivity contribution in [2.24, 2.45) is 23.2 Å². The molecule has 5 atom stereocenters. The van der Waals surface area contributed by atoms with Crippen LogP contribution >= 0.6 is 0 Å². The number of unbranched alkanes of at least 4 members (excludes halogenated alkanes) is 2. The highest BCUT2D eigenvalue weighted by Crippen LogP contribution is 2.68. The van der Waals surface area contributed by atoms with E-state index in [-0.39, 0.29) is 24.0 Å². The Morgan fingerprint density at radius 1 is 1.18 bits per heavy atom. The second-order valence-corrected chi connectivity index (χ2v) is 9.16. The summed E-state index contributed by atoms with van der Waals surface area (Å²) in [6, 6.07) is 0. The summed E-state index contributed by atoms with van der Waals surface area (Å²) in [7, 11) is 0. The van der Waals surface area contributed by atoms with E-state index < -0.39 is 5.41 Å². The number of rotatable bonds is 5. The predicted octanol–water partition coefficient (Wildman–Crippen LogP) is 5.00. The molecular weight excluding hydrogens is 352 g/mol. The average molecular weight is 383 g/mol. The van der Waals surface area contributed by atoms with Crippen LogP contribution in [0.1, 0.15) is 71.6 Å². The smallest absolute Gasteiger partial charge is 0.339 e. The van der Waals surface area contributed by atoms with Crippen LogP contribution in [-0.4, -0.2) is 18.0 Å². The number of ether oxygens (including phenoxy) is 2. The lowest BCUT2D eigenvalue weighted by Crippen LogP contribution is -2.50. The molecule has 150 valence electrons. The molecule has 6 aliphatic rings. The van der Waals surface area contributed by atoms with E-state index >= 15 is 0 Å². The number of esters is 2. The third kappa shape index (κ3) is 2.29. The van der Waals surface area contributed by atoms with E-state index in [2.05, 4.69) is 26.0 Å². The summed E-state index contributed by atoms with van der Waals surface area (Å²) in [5, 5.41) is 0. The highest BCUT2D eigenvalue weighted by atomic mass is 16.6. The molecule has 0 amide bonds. The topological polar surface area (TPSA) is 52.6 Å². The summed E-state index contributed by atoms with van der Waals surface area (Å²) >= 11 is 0. The third-order valence-electron chi connectivity index (χ3n) is 7.80. The van der Waals surface area contributed by atoms with Crippen LogP contribution in [0, 0.1) is 23.2 Å². The molecule has 2 fully saturated rings. The van der Waals surface area contributed by atoms with Gasteiger partial charge in [0.15, 0.2) is 0 Å². The number of carbonyl (C=O) groups is 2. The van der Waals surface area contributed by atoms with E-state index in [0.717, 1.165) is 74.7 Å². The lowest BCUT2D eigenvalue weighted by Gasteiger charge is -2.54. The van der Waals surface area contributed by atoms with Gasteiger partial charge in [-0.25, -0.2) is 9.59 Å². The van der Waals surface area contributed by atoms with Crippen LogP contribution in [0.2, 0.25) is 0 Å². The Morgan fingerprint density at radius 2 is 2.04 bits per heavy atom. The second-order valence-electron chi connectivity index (χ2n) is 9.16. The fourth-order valence-electron chi connectivity index (χ4n) is 6.63. The van der Waals surface area contributed by atoms with E-state index in [4.69, 9.17) is 9.47 Å². The Bertz CT molecular complexity index is 816. The highest BCUT2D eigenvalue weighted by molar-refractivity contribution is 5.99. The van der Waals surface area contributed by atoms with Gasteiger partial charge < -0.3 is 9.47 Å². The van der Waals surface area contributed by atoms with Crippen molar-refractivity contribution in [3.63, 3.8) is 0 Å². The quantitative estimate of drug-likeness (QED) is 0.628. The molecule has 2 heterocycles. The van der Waals surface area contributed by atoms with Crippen molar-refractivity contribution in [2.75, 3.05) is 0 Å². The van der Waals surface area contributed by atoms with E-state index in [1.165, 1.54) is 5.57 Å². The molecule has 28 heavy (non-hydrogen) atoms. The lowest BCUT2D eigenvalue weighted by molar-refractivity contribution is -0.141. The van der Waals surface area contributed by atoms with Gasteiger partial charge in [0.05, 0.1) is 5.41 Å². The van der Waals surface area contributed by atoms with E-state index in [9.17, 15) is 9.59 Å². The van der Waals surface area contributed by atoms with Crippen LogP contribution in [0.3, 0.4) is 0 Å². The average Bonchev–Trinajstić information content (AvgIpc) is 3.19. The lowest BCUT2D eigenvalue weighted by atomic mass is 9.46. The van der Waals surface area contributed by atoms with Crippen molar-refractivity contribution in [3.05, 3.63) is 34.6 Å². The van der Waals surface area contributed by atoms with E-state index in [0.29, 0.717) is 11.8 Å². The Balaban J connectivity index is 1.63. The molecule has 6 rings (SSSR count). The van der Waals surface area contributed by atoms with Crippen molar-refractivity contribution >= 4 is 11.9 Å². The fraction of sp³-hybridized carbons (Fsp3) is 0.667. The van der Waals surface area contributed by atoms with Gasteiger partial charge in [-0.1, -0.05) is 32.8 Å². The van der Waals surface area contributed by atoms with Crippen molar-refractivity contribution in [3.8, 4) is 0 Å². The monoisotopic (exact) mass is 382 g/mol. The van der Waals surface area contributed by atoms with Crippen LogP contribution in [0.25, 0.3) is 0 Å². The van der Waals surface area contributed by atoms with Gasteiger partial charge in [-0.2, -0.15) is 0 Å². The summed E-state index contributed by atoms with van der Waals surface area (Å²) in [5.41, 5.74) is 2.54. The molecule has 4 nitrogen and oxygen atoms in total. The summed E-state index contributed by atoms with van der Waals surface area (Å²) in [4.78, 5) is 25.8.